The van der Waals surface area contributed by atoms with Crippen LogP contribution in [0.2, 0.25) is 0 Å². The molecule has 10 rings (SSSR count). The number of fused-ring (bicyclic) bond motifs is 9. The minimum absolute atomic E-state index is 0.132. The van der Waals surface area contributed by atoms with Crippen molar-refractivity contribution in [3.8, 4) is 0 Å². The molecule has 8 aliphatic rings. The number of piperidine rings is 4. The van der Waals surface area contributed by atoms with Gasteiger partial charge in [-0.2, -0.15) is 0 Å². The third-order valence-corrected chi connectivity index (χ3v) is 17.5. The Kier molecular flexibility index (Phi) is 12.8. The highest BCUT2D eigenvalue weighted by atomic mass is 16.5. The van der Waals surface area contributed by atoms with Crippen molar-refractivity contribution in [2.24, 2.45) is 41.2 Å². The molecule has 59 heavy (non-hydrogen) atoms. The van der Waals surface area contributed by atoms with Gasteiger partial charge in [-0.3, -0.25) is 28.5 Å². The summed E-state index contributed by atoms with van der Waals surface area (Å²) < 4.78 is 8.10. The maximum absolute atomic E-state index is 13.8. The Morgan fingerprint density at radius 1 is 0.610 bits per heavy atom. The number of esters is 1. The fraction of sp³-hybridized carbons (Fsp3) is 0.820. The van der Waals surface area contributed by atoms with E-state index in [-0.39, 0.29) is 30.4 Å². The van der Waals surface area contributed by atoms with Crippen molar-refractivity contribution < 1.29 is 9.53 Å². The van der Waals surface area contributed by atoms with Crippen molar-refractivity contribution in [2.45, 2.75) is 217 Å². The number of hydrogen-bond acceptors (Lipinski definition) is 7. The zero-order valence-corrected chi connectivity index (χ0v) is 36.9. The fourth-order valence-corrected chi connectivity index (χ4v) is 15.5. The van der Waals surface area contributed by atoms with Crippen molar-refractivity contribution in [3.05, 3.63) is 45.1 Å². The van der Waals surface area contributed by atoms with Crippen LogP contribution in [0.5, 0.6) is 0 Å². The summed E-state index contributed by atoms with van der Waals surface area (Å²) in [5.74, 6) is 5.34. The Bertz CT molecular complexity index is 1840. The first-order valence-electron chi connectivity index (χ1n) is 24.9. The molecule has 4 saturated carbocycles. The predicted octanol–water partition coefficient (Wildman–Crippen LogP) is 8.82. The summed E-state index contributed by atoms with van der Waals surface area (Å²) in [5, 5.41) is 0.495. The molecule has 0 radical (unpaired) electrons. The Hall–Kier alpha value is -2.49. The van der Waals surface area contributed by atoms with Gasteiger partial charge in [0.1, 0.15) is 6.54 Å². The number of hydrogen-bond donors (Lipinski definition) is 1. The highest BCUT2D eigenvalue weighted by molar-refractivity contribution is 5.80. The molecule has 1 aromatic carbocycles. The van der Waals surface area contributed by atoms with Gasteiger partial charge in [0.15, 0.2) is 0 Å². The lowest BCUT2D eigenvalue weighted by molar-refractivity contribution is -0.143. The molecule has 9 heteroatoms. The van der Waals surface area contributed by atoms with Gasteiger partial charge in [0, 0.05) is 48.3 Å². The molecule has 0 amide bonds. The zero-order chi connectivity index (χ0) is 40.8. The van der Waals surface area contributed by atoms with E-state index in [0.29, 0.717) is 35.1 Å². The number of nitrogens with two attached hydrogens (primary N) is 1. The molecule has 4 aliphatic heterocycles. The molecule has 2 aromatic rings. The molecular formula is C50H77N5O4. The van der Waals surface area contributed by atoms with Crippen LogP contribution >= 0.6 is 0 Å². The number of para-hydroxylation sites is 1. The molecule has 0 spiro atoms. The van der Waals surface area contributed by atoms with Crippen LogP contribution in [0.1, 0.15) is 168 Å². The van der Waals surface area contributed by atoms with Gasteiger partial charge in [0.2, 0.25) is 0 Å². The number of ether oxygens (including phenoxy) is 1. The van der Waals surface area contributed by atoms with Gasteiger partial charge >= 0.3 is 11.7 Å². The number of aromatic nitrogens is 2. The van der Waals surface area contributed by atoms with Crippen LogP contribution < -0.4 is 17.0 Å². The summed E-state index contributed by atoms with van der Waals surface area (Å²) >= 11 is 0. The van der Waals surface area contributed by atoms with E-state index in [9.17, 15) is 14.4 Å². The third kappa shape index (κ3) is 8.66. The average Bonchev–Trinajstić information content (AvgIpc) is 3.21. The monoisotopic (exact) mass is 812 g/mol. The largest absolute Gasteiger partial charge is 0.465 e. The van der Waals surface area contributed by atoms with Gasteiger partial charge < -0.3 is 10.5 Å². The van der Waals surface area contributed by atoms with Gasteiger partial charge in [-0.1, -0.05) is 51.7 Å². The second-order valence-corrected chi connectivity index (χ2v) is 21.3. The number of carbonyl (C=O) groups excluding carboxylic acids is 1. The van der Waals surface area contributed by atoms with E-state index >= 15 is 0 Å². The van der Waals surface area contributed by atoms with Gasteiger partial charge in [0.05, 0.1) is 17.5 Å². The summed E-state index contributed by atoms with van der Waals surface area (Å²) in [7, 11) is 0. The first-order chi connectivity index (χ1) is 28.7. The number of carbonyl (C=O) groups is 1. The van der Waals surface area contributed by atoms with Crippen molar-refractivity contribution in [3.63, 3.8) is 0 Å². The zero-order valence-electron chi connectivity index (χ0n) is 36.9. The SMILES string of the molecule is CCC1C[C@@H]2CC(N3[C@@H]4CCC[C@H]3CC(N)C4)C[C@H](C1)C2.CCOC(=O)Cn1c(=O)n(C2C[C@H]3CCC[C@@H](C2)N3C2C[C@H]3CC(CC)C[C@@H](C2)C3)c(=O)c2ccccc21. The summed E-state index contributed by atoms with van der Waals surface area (Å²) in [6, 6.07) is 11.6. The first-order valence-corrected chi connectivity index (χ1v) is 24.9. The summed E-state index contributed by atoms with van der Waals surface area (Å²) in [4.78, 5) is 45.8. The quantitative estimate of drug-likeness (QED) is 0.266. The lowest BCUT2D eigenvalue weighted by Crippen LogP contribution is -2.60. The van der Waals surface area contributed by atoms with E-state index in [4.69, 9.17) is 10.5 Å². The standard InChI is InChI=1S/C31H43N3O4.C19H34N2/c1-3-20-12-21-14-22(13-20)16-25(15-21)33-23-8-7-9-24(33)18-26(17-23)34-30(36)27-10-5-6-11-28(27)32(31(34)37)19-29(35)38-4-2;1-2-13-6-14-8-15(7-13)10-19(9-14)21-17-4-3-5-18(21)12-16(20)11-17/h5-6,10-11,20-26H,3-4,7-9,12-19H2,1-2H3;13-19H,2-12,20H2,1H3/t20?,21-,22+,23-,24+,25?,26?;13?,14-,15+,16?,17-,18+,19?. The number of rotatable bonds is 8. The Morgan fingerprint density at radius 3 is 1.56 bits per heavy atom. The summed E-state index contributed by atoms with van der Waals surface area (Å²) in [6.07, 6.45) is 29.3. The molecule has 2 N–H and O–H groups in total. The Morgan fingerprint density at radius 2 is 1.08 bits per heavy atom. The van der Waals surface area contributed by atoms with E-state index in [1.165, 1.54) is 118 Å². The molecular weight excluding hydrogens is 735 g/mol. The minimum atomic E-state index is -0.454. The van der Waals surface area contributed by atoms with Gasteiger partial charge in [-0.25, -0.2) is 4.79 Å². The van der Waals surface area contributed by atoms with Crippen LogP contribution in [0.4, 0.5) is 0 Å². The topological polar surface area (TPSA) is 103 Å². The van der Waals surface area contributed by atoms with E-state index in [0.717, 1.165) is 79.3 Å². The molecule has 8 fully saturated rings. The van der Waals surface area contributed by atoms with E-state index in [1.807, 2.05) is 6.07 Å². The fourth-order valence-electron chi connectivity index (χ4n) is 15.5. The van der Waals surface area contributed by atoms with Crippen molar-refractivity contribution >= 4 is 16.9 Å². The minimum Gasteiger partial charge on any atom is -0.465 e. The smallest absolute Gasteiger partial charge is 0.332 e. The number of benzene rings is 1. The van der Waals surface area contributed by atoms with Crippen molar-refractivity contribution in [2.75, 3.05) is 6.61 Å². The molecule has 4 saturated heterocycles. The second kappa shape index (κ2) is 18.1. The van der Waals surface area contributed by atoms with Crippen LogP contribution in [0.3, 0.4) is 0 Å². The molecule has 1 aromatic heterocycles. The second-order valence-electron chi connectivity index (χ2n) is 21.3. The van der Waals surface area contributed by atoms with Gasteiger partial charge in [-0.05, 0) is 170 Å². The van der Waals surface area contributed by atoms with Gasteiger partial charge in [0.25, 0.3) is 5.56 Å². The summed E-state index contributed by atoms with van der Waals surface area (Å²) in [6.45, 7) is 6.60. The van der Waals surface area contributed by atoms with Gasteiger partial charge in [-0.15, -0.1) is 0 Å². The normalized spacial score (nSPS) is 39.5. The maximum Gasteiger partial charge on any atom is 0.332 e. The third-order valence-electron chi connectivity index (χ3n) is 17.5. The van der Waals surface area contributed by atoms with Crippen LogP contribution in [-0.2, 0) is 16.1 Å². The van der Waals surface area contributed by atoms with Crippen LogP contribution in [0, 0.1) is 35.5 Å². The molecule has 6 unspecified atom stereocenters. The van der Waals surface area contributed by atoms with E-state index in [1.54, 1.807) is 31.5 Å². The highest BCUT2D eigenvalue weighted by Gasteiger charge is 2.47. The molecule has 326 valence electrons. The van der Waals surface area contributed by atoms with E-state index in [2.05, 4.69) is 23.6 Å². The Balaban J connectivity index is 0.000000180. The Labute approximate surface area is 354 Å². The highest BCUT2D eigenvalue weighted by Crippen LogP contribution is 2.50. The van der Waals surface area contributed by atoms with Crippen molar-refractivity contribution in [1.82, 2.24) is 18.9 Å². The van der Waals surface area contributed by atoms with Crippen LogP contribution in [0.25, 0.3) is 10.9 Å². The molecule has 9 nitrogen and oxygen atoms in total. The summed E-state index contributed by atoms with van der Waals surface area (Å²) in [5.41, 5.74) is 6.22. The van der Waals surface area contributed by atoms with Crippen LogP contribution in [-0.4, -0.2) is 73.8 Å². The molecule has 4 aliphatic carbocycles. The first kappa shape index (κ1) is 41.8. The molecule has 8 bridgehead atoms. The van der Waals surface area contributed by atoms with Crippen molar-refractivity contribution in [1.29, 1.82) is 0 Å². The molecule has 5 heterocycles. The van der Waals surface area contributed by atoms with E-state index < -0.39 is 5.97 Å². The maximum atomic E-state index is 13.8. The van der Waals surface area contributed by atoms with Crippen LogP contribution in [0.15, 0.2) is 33.9 Å². The predicted molar refractivity (Wildman–Crippen MR) is 236 cm³/mol. The lowest BCUT2D eigenvalue weighted by atomic mass is 9.64. The lowest BCUT2D eigenvalue weighted by Gasteiger charge is -2.55. The molecule has 14 atom stereocenters. The average molecular weight is 812 g/mol. The number of nitrogens with zero attached hydrogens (tertiary/aromatic N) is 4.